The molecule has 0 amide bonds. The predicted molar refractivity (Wildman–Crippen MR) is 114 cm³/mol. The standard InChI is InChI=1S/C23H26N4/c1-15(2)14-25-16(3)20-10-7-18(8-11-20)5-6-19-9-12-22-21(13-19)23(24)27-17(4)26-22/h7-13,25H,1,3,5-6,14H2,2,4H3,(H2,24,26,27). The normalized spacial score (nSPS) is 10.7. The molecule has 0 aliphatic heterocycles. The minimum Gasteiger partial charge on any atom is -0.383 e. The summed E-state index contributed by atoms with van der Waals surface area (Å²) in [5.74, 6) is 1.25. The Bertz CT molecular complexity index is 987. The van der Waals surface area contributed by atoms with Crippen LogP contribution in [-0.4, -0.2) is 16.5 Å². The number of hydrogen-bond acceptors (Lipinski definition) is 4. The predicted octanol–water partition coefficient (Wildman–Crippen LogP) is 4.44. The Kier molecular flexibility index (Phi) is 5.55. The van der Waals surface area contributed by atoms with Crippen LogP contribution in [0.1, 0.15) is 29.4 Å². The number of aromatic nitrogens is 2. The topological polar surface area (TPSA) is 63.8 Å². The highest BCUT2D eigenvalue weighted by molar-refractivity contribution is 5.88. The number of hydrogen-bond donors (Lipinski definition) is 2. The van der Waals surface area contributed by atoms with Crippen molar-refractivity contribution in [2.75, 3.05) is 12.3 Å². The van der Waals surface area contributed by atoms with Crippen molar-refractivity contribution in [2.24, 2.45) is 0 Å². The van der Waals surface area contributed by atoms with Crippen molar-refractivity contribution in [2.45, 2.75) is 26.7 Å². The number of nitrogen functional groups attached to an aromatic ring is 1. The third-order valence-corrected chi connectivity index (χ3v) is 4.51. The van der Waals surface area contributed by atoms with Gasteiger partial charge in [-0.05, 0) is 55.5 Å². The van der Waals surface area contributed by atoms with Crippen LogP contribution in [0.4, 0.5) is 5.82 Å². The first kappa shape index (κ1) is 18.6. The van der Waals surface area contributed by atoms with E-state index in [1.807, 2.05) is 19.9 Å². The van der Waals surface area contributed by atoms with E-state index in [1.54, 1.807) is 0 Å². The van der Waals surface area contributed by atoms with E-state index >= 15 is 0 Å². The fraction of sp³-hybridized carbons (Fsp3) is 0.217. The average molecular weight is 358 g/mol. The van der Waals surface area contributed by atoms with Gasteiger partial charge in [-0.3, -0.25) is 0 Å². The van der Waals surface area contributed by atoms with Crippen molar-refractivity contribution in [3.05, 3.63) is 83.7 Å². The Morgan fingerprint density at radius 1 is 1.00 bits per heavy atom. The second-order valence-corrected chi connectivity index (χ2v) is 6.99. The number of nitrogens with one attached hydrogen (secondary N) is 1. The van der Waals surface area contributed by atoms with E-state index in [0.29, 0.717) is 11.6 Å². The zero-order chi connectivity index (χ0) is 19.4. The van der Waals surface area contributed by atoms with E-state index in [2.05, 4.69) is 64.8 Å². The summed E-state index contributed by atoms with van der Waals surface area (Å²) in [6.07, 6.45) is 1.90. The minimum absolute atomic E-state index is 0.546. The first-order chi connectivity index (χ1) is 12.9. The first-order valence-corrected chi connectivity index (χ1v) is 9.11. The number of benzene rings is 2. The van der Waals surface area contributed by atoms with Crippen molar-refractivity contribution in [1.29, 1.82) is 0 Å². The van der Waals surface area contributed by atoms with Crippen molar-refractivity contribution < 1.29 is 0 Å². The van der Waals surface area contributed by atoms with Gasteiger partial charge in [-0.15, -0.1) is 0 Å². The van der Waals surface area contributed by atoms with Crippen LogP contribution in [0.3, 0.4) is 0 Å². The second kappa shape index (κ2) is 8.04. The second-order valence-electron chi connectivity index (χ2n) is 6.99. The maximum atomic E-state index is 6.05. The summed E-state index contributed by atoms with van der Waals surface area (Å²) in [6.45, 7) is 12.6. The summed E-state index contributed by atoms with van der Waals surface area (Å²) in [6, 6.07) is 14.8. The molecule has 0 atom stereocenters. The summed E-state index contributed by atoms with van der Waals surface area (Å²) in [7, 11) is 0. The lowest BCUT2D eigenvalue weighted by molar-refractivity contribution is 0.953. The van der Waals surface area contributed by atoms with E-state index in [4.69, 9.17) is 5.73 Å². The van der Waals surface area contributed by atoms with Gasteiger partial charge in [0.25, 0.3) is 0 Å². The third-order valence-electron chi connectivity index (χ3n) is 4.51. The van der Waals surface area contributed by atoms with Crippen LogP contribution in [-0.2, 0) is 12.8 Å². The van der Waals surface area contributed by atoms with Crippen LogP contribution in [0, 0.1) is 6.92 Å². The Hall–Kier alpha value is -3.14. The number of nitrogens with two attached hydrogens (primary N) is 1. The Balaban J connectivity index is 1.65. The molecule has 3 N–H and O–H groups in total. The van der Waals surface area contributed by atoms with Gasteiger partial charge in [0.1, 0.15) is 11.6 Å². The lowest BCUT2D eigenvalue weighted by Gasteiger charge is -2.10. The average Bonchev–Trinajstić information content (AvgIpc) is 2.65. The van der Waals surface area contributed by atoms with Crippen molar-refractivity contribution >= 4 is 22.4 Å². The number of fused-ring (bicyclic) bond motifs is 1. The quantitative estimate of drug-likeness (QED) is 0.613. The van der Waals surface area contributed by atoms with Gasteiger partial charge in [-0.1, -0.05) is 49.1 Å². The Labute approximate surface area is 160 Å². The fourth-order valence-electron chi connectivity index (χ4n) is 3.00. The highest BCUT2D eigenvalue weighted by atomic mass is 14.9. The Morgan fingerprint density at radius 2 is 1.67 bits per heavy atom. The van der Waals surface area contributed by atoms with E-state index in [-0.39, 0.29) is 0 Å². The van der Waals surface area contributed by atoms with E-state index in [0.717, 1.165) is 47.1 Å². The molecular weight excluding hydrogens is 332 g/mol. The van der Waals surface area contributed by atoms with Crippen LogP contribution < -0.4 is 11.1 Å². The molecule has 3 aromatic rings. The molecule has 3 rings (SSSR count). The third kappa shape index (κ3) is 4.73. The lowest BCUT2D eigenvalue weighted by atomic mass is 10.0. The fourth-order valence-corrected chi connectivity index (χ4v) is 3.00. The molecule has 27 heavy (non-hydrogen) atoms. The number of anilines is 1. The van der Waals surface area contributed by atoms with Gasteiger partial charge in [0.15, 0.2) is 0 Å². The van der Waals surface area contributed by atoms with Gasteiger partial charge in [0, 0.05) is 17.6 Å². The van der Waals surface area contributed by atoms with Crippen LogP contribution >= 0.6 is 0 Å². The molecule has 0 saturated carbocycles. The largest absolute Gasteiger partial charge is 0.383 e. The molecule has 0 spiro atoms. The molecule has 1 heterocycles. The van der Waals surface area contributed by atoms with Gasteiger partial charge in [0.2, 0.25) is 0 Å². The zero-order valence-electron chi connectivity index (χ0n) is 16.0. The molecule has 0 bridgehead atoms. The van der Waals surface area contributed by atoms with Crippen LogP contribution in [0.25, 0.3) is 16.6 Å². The molecule has 138 valence electrons. The summed E-state index contributed by atoms with van der Waals surface area (Å²) in [4.78, 5) is 8.70. The molecule has 0 radical (unpaired) electrons. The maximum Gasteiger partial charge on any atom is 0.135 e. The molecule has 2 aromatic carbocycles. The SMILES string of the molecule is C=C(C)CNC(=C)c1ccc(CCc2ccc3nc(C)nc(N)c3c2)cc1. The van der Waals surface area contributed by atoms with Gasteiger partial charge in [-0.2, -0.15) is 0 Å². The maximum absolute atomic E-state index is 6.05. The molecule has 4 nitrogen and oxygen atoms in total. The van der Waals surface area contributed by atoms with Gasteiger partial charge in [0.05, 0.1) is 5.52 Å². The molecule has 0 aliphatic rings. The van der Waals surface area contributed by atoms with Crippen molar-refractivity contribution in [3.63, 3.8) is 0 Å². The van der Waals surface area contributed by atoms with E-state index in [1.165, 1.54) is 11.1 Å². The number of rotatable bonds is 7. The number of aryl methyl sites for hydroxylation is 3. The van der Waals surface area contributed by atoms with E-state index in [9.17, 15) is 0 Å². The monoisotopic (exact) mass is 358 g/mol. The van der Waals surface area contributed by atoms with Gasteiger partial charge >= 0.3 is 0 Å². The highest BCUT2D eigenvalue weighted by Crippen LogP contribution is 2.21. The summed E-state index contributed by atoms with van der Waals surface area (Å²) >= 11 is 0. The molecule has 0 fully saturated rings. The zero-order valence-corrected chi connectivity index (χ0v) is 16.0. The van der Waals surface area contributed by atoms with Crippen molar-refractivity contribution in [1.82, 2.24) is 15.3 Å². The van der Waals surface area contributed by atoms with Crippen LogP contribution in [0.15, 0.2) is 61.2 Å². The van der Waals surface area contributed by atoms with Gasteiger partial charge < -0.3 is 11.1 Å². The summed E-state index contributed by atoms with van der Waals surface area (Å²) < 4.78 is 0. The molecule has 4 heteroatoms. The lowest BCUT2D eigenvalue weighted by Crippen LogP contribution is -2.13. The number of nitrogens with zero attached hydrogens (tertiary/aromatic N) is 2. The van der Waals surface area contributed by atoms with Gasteiger partial charge in [-0.25, -0.2) is 9.97 Å². The highest BCUT2D eigenvalue weighted by Gasteiger charge is 2.05. The summed E-state index contributed by atoms with van der Waals surface area (Å²) in [5, 5.41) is 4.21. The minimum atomic E-state index is 0.546. The molecule has 0 saturated heterocycles. The molecule has 1 aromatic heterocycles. The van der Waals surface area contributed by atoms with E-state index < -0.39 is 0 Å². The summed E-state index contributed by atoms with van der Waals surface area (Å²) in [5.41, 5.74) is 12.6. The smallest absolute Gasteiger partial charge is 0.135 e. The first-order valence-electron chi connectivity index (χ1n) is 9.11. The van der Waals surface area contributed by atoms with Crippen molar-refractivity contribution in [3.8, 4) is 0 Å². The van der Waals surface area contributed by atoms with Crippen LogP contribution in [0.2, 0.25) is 0 Å². The Morgan fingerprint density at radius 3 is 2.37 bits per heavy atom. The molecular formula is C23H26N4. The van der Waals surface area contributed by atoms with Crippen LogP contribution in [0.5, 0.6) is 0 Å². The molecule has 0 unspecified atom stereocenters. The molecule has 0 aliphatic carbocycles.